The monoisotopic (exact) mass is 250 g/mol. The maximum absolute atomic E-state index is 4.47. The molecular formula is C14H26N4. The van der Waals surface area contributed by atoms with Gasteiger partial charge >= 0.3 is 0 Å². The highest BCUT2D eigenvalue weighted by atomic mass is 15.3. The van der Waals surface area contributed by atoms with Gasteiger partial charge in [0.05, 0.1) is 6.54 Å². The summed E-state index contributed by atoms with van der Waals surface area (Å²) >= 11 is 0. The second kappa shape index (κ2) is 6.23. The quantitative estimate of drug-likeness (QED) is 0.438. The minimum atomic E-state index is 0.521. The van der Waals surface area contributed by atoms with Crippen LogP contribution in [0.3, 0.4) is 0 Å². The number of rotatable bonds is 5. The number of hydrogen-bond donors (Lipinski definition) is 2. The number of aliphatic imine (C=N–C) groups is 1. The Hall–Kier alpha value is -1.03. The van der Waals surface area contributed by atoms with Crippen molar-refractivity contribution in [2.75, 3.05) is 26.2 Å². The molecule has 1 aliphatic carbocycles. The smallest absolute Gasteiger partial charge is 0.191 e. The van der Waals surface area contributed by atoms with Crippen molar-refractivity contribution in [2.45, 2.75) is 38.8 Å². The Labute approximate surface area is 111 Å². The van der Waals surface area contributed by atoms with E-state index in [9.17, 15) is 0 Å². The number of likely N-dealkylation sites (tertiary alicyclic amines) is 1. The second-order valence-electron chi connectivity index (χ2n) is 5.42. The molecule has 2 atom stereocenters. The van der Waals surface area contributed by atoms with E-state index in [1.54, 1.807) is 0 Å². The first-order chi connectivity index (χ1) is 8.74. The predicted molar refractivity (Wildman–Crippen MR) is 76.9 cm³/mol. The molecule has 1 saturated heterocycles. The molecule has 4 nitrogen and oxygen atoms in total. The summed E-state index contributed by atoms with van der Waals surface area (Å²) in [6.07, 6.45) is 4.61. The lowest BCUT2D eigenvalue weighted by atomic mass is 10.1. The van der Waals surface area contributed by atoms with E-state index in [0.29, 0.717) is 18.5 Å². The first kappa shape index (κ1) is 13.4. The van der Waals surface area contributed by atoms with Gasteiger partial charge in [-0.2, -0.15) is 0 Å². The SMILES string of the molecule is C=CCN=C(NCC)NC1CN(C2CC2)CC1C. The van der Waals surface area contributed by atoms with Crippen molar-refractivity contribution in [2.24, 2.45) is 10.9 Å². The summed E-state index contributed by atoms with van der Waals surface area (Å²) in [5.41, 5.74) is 0. The highest BCUT2D eigenvalue weighted by Gasteiger charge is 2.38. The first-order valence-corrected chi connectivity index (χ1v) is 7.14. The lowest BCUT2D eigenvalue weighted by molar-refractivity contribution is 0.315. The third-order valence-corrected chi connectivity index (χ3v) is 3.75. The van der Waals surface area contributed by atoms with E-state index in [-0.39, 0.29) is 0 Å². The van der Waals surface area contributed by atoms with Gasteiger partial charge in [0.2, 0.25) is 0 Å². The minimum Gasteiger partial charge on any atom is -0.357 e. The van der Waals surface area contributed by atoms with Crippen LogP contribution in [0.5, 0.6) is 0 Å². The van der Waals surface area contributed by atoms with Gasteiger partial charge in [0.15, 0.2) is 5.96 Å². The van der Waals surface area contributed by atoms with Gasteiger partial charge in [-0.3, -0.25) is 4.90 Å². The van der Waals surface area contributed by atoms with Crippen LogP contribution in [0.25, 0.3) is 0 Å². The maximum atomic E-state index is 4.47. The van der Waals surface area contributed by atoms with Gasteiger partial charge in [-0.15, -0.1) is 6.58 Å². The molecule has 1 aliphatic heterocycles. The van der Waals surface area contributed by atoms with Crippen molar-refractivity contribution in [3.8, 4) is 0 Å². The average molecular weight is 250 g/mol. The summed E-state index contributed by atoms with van der Waals surface area (Å²) < 4.78 is 0. The summed E-state index contributed by atoms with van der Waals surface area (Å²) in [4.78, 5) is 7.10. The van der Waals surface area contributed by atoms with Crippen LogP contribution >= 0.6 is 0 Å². The van der Waals surface area contributed by atoms with Crippen molar-refractivity contribution in [3.05, 3.63) is 12.7 Å². The molecule has 2 fully saturated rings. The molecule has 18 heavy (non-hydrogen) atoms. The number of nitrogens with zero attached hydrogens (tertiary/aromatic N) is 2. The Bertz CT molecular complexity index is 309. The van der Waals surface area contributed by atoms with E-state index >= 15 is 0 Å². The lowest BCUT2D eigenvalue weighted by Crippen LogP contribution is -2.46. The van der Waals surface area contributed by atoms with Gasteiger partial charge in [0.25, 0.3) is 0 Å². The summed E-state index contributed by atoms with van der Waals surface area (Å²) in [5.74, 6) is 1.62. The molecule has 0 aromatic carbocycles. The van der Waals surface area contributed by atoms with Crippen molar-refractivity contribution < 1.29 is 0 Å². The van der Waals surface area contributed by atoms with Gasteiger partial charge in [-0.25, -0.2) is 4.99 Å². The van der Waals surface area contributed by atoms with Crippen LogP contribution < -0.4 is 10.6 Å². The van der Waals surface area contributed by atoms with Gasteiger partial charge in [-0.05, 0) is 25.7 Å². The zero-order valence-electron chi connectivity index (χ0n) is 11.7. The van der Waals surface area contributed by atoms with Crippen molar-refractivity contribution in [3.63, 3.8) is 0 Å². The van der Waals surface area contributed by atoms with Crippen LogP contribution in [0.1, 0.15) is 26.7 Å². The molecule has 0 radical (unpaired) electrons. The fourth-order valence-corrected chi connectivity index (χ4v) is 2.58. The molecule has 1 heterocycles. The summed E-state index contributed by atoms with van der Waals surface area (Å²) in [6.45, 7) is 12.1. The number of guanidine groups is 1. The summed E-state index contributed by atoms with van der Waals surface area (Å²) in [7, 11) is 0. The van der Waals surface area contributed by atoms with E-state index < -0.39 is 0 Å². The Morgan fingerprint density at radius 2 is 2.22 bits per heavy atom. The third kappa shape index (κ3) is 3.48. The van der Waals surface area contributed by atoms with Crippen molar-refractivity contribution in [1.29, 1.82) is 0 Å². The molecule has 0 bridgehead atoms. The Morgan fingerprint density at radius 1 is 1.44 bits per heavy atom. The van der Waals surface area contributed by atoms with Crippen LogP contribution in [0.2, 0.25) is 0 Å². The highest BCUT2D eigenvalue weighted by Crippen LogP contribution is 2.31. The van der Waals surface area contributed by atoms with Gasteiger partial charge < -0.3 is 10.6 Å². The Balaban J connectivity index is 1.87. The molecule has 4 heteroatoms. The van der Waals surface area contributed by atoms with Crippen LogP contribution in [0.4, 0.5) is 0 Å². The molecule has 0 aromatic rings. The molecule has 0 aromatic heterocycles. The van der Waals surface area contributed by atoms with Crippen LogP contribution in [-0.4, -0.2) is 49.1 Å². The van der Waals surface area contributed by atoms with E-state index in [1.807, 2.05) is 6.08 Å². The maximum Gasteiger partial charge on any atom is 0.191 e. The minimum absolute atomic E-state index is 0.521. The Morgan fingerprint density at radius 3 is 2.83 bits per heavy atom. The fourth-order valence-electron chi connectivity index (χ4n) is 2.58. The molecule has 0 amide bonds. The first-order valence-electron chi connectivity index (χ1n) is 7.14. The molecule has 102 valence electrons. The van der Waals surface area contributed by atoms with Gasteiger partial charge in [-0.1, -0.05) is 13.0 Å². The zero-order valence-corrected chi connectivity index (χ0v) is 11.7. The fraction of sp³-hybridized carbons (Fsp3) is 0.786. The Kier molecular flexibility index (Phi) is 4.64. The number of hydrogen-bond acceptors (Lipinski definition) is 2. The van der Waals surface area contributed by atoms with Gasteiger partial charge in [0.1, 0.15) is 0 Å². The summed E-state index contributed by atoms with van der Waals surface area (Å²) in [5, 5.41) is 6.86. The molecule has 2 unspecified atom stereocenters. The zero-order chi connectivity index (χ0) is 13.0. The molecule has 2 aliphatic rings. The molecular weight excluding hydrogens is 224 g/mol. The molecule has 2 N–H and O–H groups in total. The normalized spacial score (nSPS) is 29.3. The van der Waals surface area contributed by atoms with E-state index in [1.165, 1.54) is 19.4 Å². The predicted octanol–water partition coefficient (Wildman–Crippen LogP) is 1.21. The molecule has 1 saturated carbocycles. The van der Waals surface area contributed by atoms with E-state index in [2.05, 4.69) is 41.0 Å². The highest BCUT2D eigenvalue weighted by molar-refractivity contribution is 5.80. The lowest BCUT2D eigenvalue weighted by Gasteiger charge is -2.20. The van der Waals surface area contributed by atoms with Crippen LogP contribution in [-0.2, 0) is 0 Å². The second-order valence-corrected chi connectivity index (χ2v) is 5.42. The van der Waals surface area contributed by atoms with Crippen LogP contribution in [0.15, 0.2) is 17.6 Å². The molecule has 2 rings (SSSR count). The van der Waals surface area contributed by atoms with Gasteiger partial charge in [0, 0.05) is 31.7 Å². The van der Waals surface area contributed by atoms with Crippen molar-refractivity contribution in [1.82, 2.24) is 15.5 Å². The number of nitrogens with one attached hydrogen (secondary N) is 2. The largest absolute Gasteiger partial charge is 0.357 e. The molecule has 0 spiro atoms. The summed E-state index contributed by atoms with van der Waals surface area (Å²) in [6, 6.07) is 1.39. The standard InChI is InChI=1S/C14H26N4/c1-4-8-16-14(15-5-2)17-13-10-18(9-11(13)3)12-6-7-12/h4,11-13H,1,5-10H2,2-3H3,(H2,15,16,17). The topological polar surface area (TPSA) is 39.7 Å². The van der Waals surface area contributed by atoms with Crippen LogP contribution in [0, 0.1) is 5.92 Å². The average Bonchev–Trinajstić information content (AvgIpc) is 3.13. The van der Waals surface area contributed by atoms with E-state index in [0.717, 1.165) is 25.1 Å². The van der Waals surface area contributed by atoms with E-state index in [4.69, 9.17) is 0 Å². The van der Waals surface area contributed by atoms with Crippen molar-refractivity contribution >= 4 is 5.96 Å². The third-order valence-electron chi connectivity index (χ3n) is 3.75.